The van der Waals surface area contributed by atoms with Crippen LogP contribution in [0, 0.1) is 0 Å². The Hall–Kier alpha value is -0.120. The van der Waals surface area contributed by atoms with Gasteiger partial charge in [-0.25, -0.2) is 0 Å². The molecule has 0 aromatic carbocycles. The molecule has 0 aromatic heterocycles. The van der Waals surface area contributed by atoms with Crippen LogP contribution < -0.4 is 10.6 Å². The van der Waals surface area contributed by atoms with Crippen LogP contribution in [0.4, 0.5) is 0 Å². The molecule has 0 radical (unpaired) electrons. The van der Waals surface area contributed by atoms with Gasteiger partial charge in [0.25, 0.3) is 0 Å². The van der Waals surface area contributed by atoms with E-state index in [0.29, 0.717) is 0 Å². The quantitative estimate of drug-likeness (QED) is 0.658. The number of nitrogens with zero attached hydrogens (tertiary/aromatic N) is 1. The lowest BCUT2D eigenvalue weighted by Gasteiger charge is -2.41. The fourth-order valence-corrected chi connectivity index (χ4v) is 3.25. The zero-order valence-electron chi connectivity index (χ0n) is 8.84. The Morgan fingerprint density at radius 1 is 1.07 bits per heavy atom. The summed E-state index contributed by atoms with van der Waals surface area (Å²) in [6.45, 7) is 5.04. The Kier molecular flexibility index (Phi) is 2.48. The average Bonchev–Trinajstić information content (AvgIpc) is 2.66. The van der Waals surface area contributed by atoms with Crippen molar-refractivity contribution in [2.24, 2.45) is 0 Å². The first-order valence-electron chi connectivity index (χ1n) is 6.15. The molecule has 0 amide bonds. The largest absolute Gasteiger partial charge is 0.314 e. The summed E-state index contributed by atoms with van der Waals surface area (Å²) in [5.41, 5.74) is 0. The second-order valence-corrected chi connectivity index (χ2v) is 4.96. The van der Waals surface area contributed by atoms with E-state index in [-0.39, 0.29) is 0 Å². The predicted molar refractivity (Wildman–Crippen MR) is 57.4 cm³/mol. The van der Waals surface area contributed by atoms with Crippen molar-refractivity contribution in [1.82, 2.24) is 15.5 Å². The standard InChI is InChI=1S/C11H21N3/c1-3-10(13-5-1)11-4-2-6-14(11)9-7-12-8-9/h9-13H,1-8H2. The van der Waals surface area contributed by atoms with Gasteiger partial charge in [0.1, 0.15) is 0 Å². The van der Waals surface area contributed by atoms with Crippen LogP contribution in [0.5, 0.6) is 0 Å². The highest BCUT2D eigenvalue weighted by molar-refractivity contribution is 4.97. The number of rotatable bonds is 2. The van der Waals surface area contributed by atoms with Gasteiger partial charge >= 0.3 is 0 Å². The summed E-state index contributed by atoms with van der Waals surface area (Å²) in [7, 11) is 0. The van der Waals surface area contributed by atoms with E-state index in [2.05, 4.69) is 15.5 Å². The van der Waals surface area contributed by atoms with Gasteiger partial charge < -0.3 is 10.6 Å². The first-order chi connectivity index (χ1) is 6.95. The lowest BCUT2D eigenvalue weighted by Crippen LogP contribution is -2.60. The van der Waals surface area contributed by atoms with E-state index in [1.807, 2.05) is 0 Å². The Morgan fingerprint density at radius 3 is 2.64 bits per heavy atom. The summed E-state index contributed by atoms with van der Waals surface area (Å²) in [6, 6.07) is 2.51. The van der Waals surface area contributed by atoms with Crippen LogP contribution >= 0.6 is 0 Å². The van der Waals surface area contributed by atoms with Crippen molar-refractivity contribution < 1.29 is 0 Å². The molecule has 2 atom stereocenters. The van der Waals surface area contributed by atoms with E-state index in [0.717, 1.165) is 18.1 Å². The van der Waals surface area contributed by atoms with Crippen molar-refractivity contribution in [1.29, 1.82) is 0 Å². The first-order valence-corrected chi connectivity index (χ1v) is 6.15. The van der Waals surface area contributed by atoms with Crippen LogP contribution in [0.3, 0.4) is 0 Å². The minimum atomic E-state index is 0.804. The lowest BCUT2D eigenvalue weighted by atomic mass is 10.0. The molecule has 3 fully saturated rings. The van der Waals surface area contributed by atoms with Crippen molar-refractivity contribution in [2.45, 2.75) is 43.8 Å². The van der Waals surface area contributed by atoms with Crippen LogP contribution in [0.2, 0.25) is 0 Å². The van der Waals surface area contributed by atoms with E-state index in [1.54, 1.807) is 0 Å². The topological polar surface area (TPSA) is 27.3 Å². The van der Waals surface area contributed by atoms with Gasteiger partial charge in [0.2, 0.25) is 0 Å². The van der Waals surface area contributed by atoms with E-state index in [4.69, 9.17) is 0 Å². The molecule has 0 saturated carbocycles. The SMILES string of the molecule is C1CNC(C2CCCN2C2CNC2)C1. The summed E-state index contributed by atoms with van der Waals surface area (Å²) in [5, 5.41) is 7.06. The van der Waals surface area contributed by atoms with E-state index in [9.17, 15) is 0 Å². The molecule has 80 valence electrons. The Bertz CT molecular complexity index is 197. The van der Waals surface area contributed by atoms with Gasteiger partial charge in [0.15, 0.2) is 0 Å². The first kappa shape index (κ1) is 9.13. The fourth-order valence-electron chi connectivity index (χ4n) is 3.25. The number of likely N-dealkylation sites (tertiary alicyclic amines) is 1. The van der Waals surface area contributed by atoms with Gasteiger partial charge in [-0.1, -0.05) is 0 Å². The molecule has 14 heavy (non-hydrogen) atoms. The maximum Gasteiger partial charge on any atom is 0.0348 e. The Balaban J connectivity index is 1.64. The molecular formula is C11H21N3. The van der Waals surface area contributed by atoms with Gasteiger partial charge in [-0.05, 0) is 38.8 Å². The third-order valence-electron chi connectivity index (χ3n) is 4.13. The van der Waals surface area contributed by atoms with E-state index >= 15 is 0 Å². The van der Waals surface area contributed by atoms with Crippen molar-refractivity contribution in [2.75, 3.05) is 26.2 Å². The molecule has 0 aromatic rings. The average molecular weight is 195 g/mol. The molecule has 3 heteroatoms. The molecule has 0 aliphatic carbocycles. The van der Waals surface area contributed by atoms with Crippen LogP contribution in [-0.4, -0.2) is 49.2 Å². The van der Waals surface area contributed by atoms with E-state index in [1.165, 1.54) is 51.9 Å². The van der Waals surface area contributed by atoms with Gasteiger partial charge in [-0.2, -0.15) is 0 Å². The molecule has 2 N–H and O–H groups in total. The van der Waals surface area contributed by atoms with Crippen molar-refractivity contribution >= 4 is 0 Å². The summed E-state index contributed by atoms with van der Waals surface area (Å²) < 4.78 is 0. The van der Waals surface area contributed by atoms with Gasteiger partial charge in [0, 0.05) is 31.2 Å². The summed E-state index contributed by atoms with van der Waals surface area (Å²) in [6.07, 6.45) is 5.63. The molecule has 3 aliphatic rings. The molecule has 2 unspecified atom stereocenters. The van der Waals surface area contributed by atoms with Gasteiger partial charge in [0.05, 0.1) is 0 Å². The second-order valence-electron chi connectivity index (χ2n) is 4.96. The predicted octanol–water partition coefficient (Wildman–Crippen LogP) is 0.175. The Morgan fingerprint density at radius 2 is 2.00 bits per heavy atom. The van der Waals surface area contributed by atoms with Crippen molar-refractivity contribution in [3.05, 3.63) is 0 Å². The third kappa shape index (κ3) is 1.47. The normalized spacial score (nSPS) is 40.3. The summed E-state index contributed by atoms with van der Waals surface area (Å²) in [4.78, 5) is 2.76. The minimum Gasteiger partial charge on any atom is -0.314 e. The minimum absolute atomic E-state index is 0.804. The van der Waals surface area contributed by atoms with Crippen molar-refractivity contribution in [3.63, 3.8) is 0 Å². The van der Waals surface area contributed by atoms with Gasteiger partial charge in [-0.3, -0.25) is 4.90 Å². The van der Waals surface area contributed by atoms with Crippen LogP contribution in [0.25, 0.3) is 0 Å². The molecule has 0 bridgehead atoms. The molecule has 3 nitrogen and oxygen atoms in total. The summed E-state index contributed by atoms with van der Waals surface area (Å²) in [5.74, 6) is 0. The highest BCUT2D eigenvalue weighted by Crippen LogP contribution is 2.27. The maximum atomic E-state index is 3.67. The highest BCUT2D eigenvalue weighted by Gasteiger charge is 2.38. The molecular weight excluding hydrogens is 174 g/mol. The fraction of sp³-hybridized carbons (Fsp3) is 1.00. The van der Waals surface area contributed by atoms with Gasteiger partial charge in [-0.15, -0.1) is 0 Å². The monoisotopic (exact) mass is 195 g/mol. The van der Waals surface area contributed by atoms with Crippen molar-refractivity contribution in [3.8, 4) is 0 Å². The third-order valence-corrected chi connectivity index (χ3v) is 4.13. The molecule has 3 rings (SSSR count). The summed E-state index contributed by atoms with van der Waals surface area (Å²) >= 11 is 0. The maximum absolute atomic E-state index is 3.67. The zero-order chi connectivity index (χ0) is 9.38. The zero-order valence-corrected chi connectivity index (χ0v) is 8.84. The number of nitrogens with one attached hydrogen (secondary N) is 2. The lowest BCUT2D eigenvalue weighted by molar-refractivity contribution is 0.113. The van der Waals surface area contributed by atoms with Crippen LogP contribution in [-0.2, 0) is 0 Å². The second kappa shape index (κ2) is 3.80. The molecule has 0 spiro atoms. The van der Waals surface area contributed by atoms with Crippen LogP contribution in [0.1, 0.15) is 25.7 Å². The smallest absolute Gasteiger partial charge is 0.0348 e. The number of hydrogen-bond acceptors (Lipinski definition) is 3. The van der Waals surface area contributed by atoms with Crippen LogP contribution in [0.15, 0.2) is 0 Å². The highest BCUT2D eigenvalue weighted by atomic mass is 15.3. The molecule has 3 aliphatic heterocycles. The molecule has 3 saturated heterocycles. The molecule has 3 heterocycles. The van der Waals surface area contributed by atoms with E-state index < -0.39 is 0 Å². The number of hydrogen-bond donors (Lipinski definition) is 2. The Labute approximate surface area is 86.2 Å².